The Hall–Kier alpha value is -0.860. The first-order valence-corrected chi connectivity index (χ1v) is 8.29. The summed E-state index contributed by atoms with van der Waals surface area (Å²) in [7, 11) is 0. The van der Waals surface area contributed by atoms with Gasteiger partial charge in [-0.25, -0.2) is 0 Å². The Labute approximate surface area is 121 Å². The van der Waals surface area contributed by atoms with Gasteiger partial charge in [0.25, 0.3) is 0 Å². The second-order valence-corrected chi connectivity index (χ2v) is 6.86. The van der Waals surface area contributed by atoms with Crippen molar-refractivity contribution in [3.8, 4) is 0 Å². The summed E-state index contributed by atoms with van der Waals surface area (Å²) in [5.41, 5.74) is 1.55. The van der Waals surface area contributed by atoms with Crippen molar-refractivity contribution in [1.82, 2.24) is 5.32 Å². The molecule has 2 saturated carbocycles. The number of nitrogens with one attached hydrogen (secondary N) is 1. The van der Waals surface area contributed by atoms with Crippen molar-refractivity contribution in [3.63, 3.8) is 0 Å². The monoisotopic (exact) mass is 271 g/mol. The van der Waals surface area contributed by atoms with E-state index in [1.54, 1.807) is 5.56 Å². The lowest BCUT2D eigenvalue weighted by Gasteiger charge is -2.50. The van der Waals surface area contributed by atoms with Crippen LogP contribution in [0.25, 0.3) is 0 Å². The first-order chi connectivity index (χ1) is 9.93. The molecule has 0 bridgehead atoms. The lowest BCUT2D eigenvalue weighted by Crippen LogP contribution is -2.55. The molecule has 1 aliphatic heterocycles. The van der Waals surface area contributed by atoms with Gasteiger partial charge in [-0.2, -0.15) is 0 Å². The zero-order valence-electron chi connectivity index (χ0n) is 12.1. The fourth-order valence-electron chi connectivity index (χ4n) is 4.75. The normalized spacial score (nSPS) is 39.5. The molecule has 108 valence electrons. The molecule has 3 aliphatic rings. The average Bonchev–Trinajstić information content (AvgIpc) is 3.11. The molecule has 1 heterocycles. The molecule has 1 saturated heterocycles. The minimum Gasteiger partial charge on any atom is -0.381 e. The lowest BCUT2D eigenvalue weighted by molar-refractivity contribution is 0.0902. The van der Waals surface area contributed by atoms with Gasteiger partial charge in [-0.15, -0.1) is 0 Å². The zero-order chi connectivity index (χ0) is 13.4. The quantitative estimate of drug-likeness (QED) is 0.908. The number of fused-ring (bicyclic) bond motifs is 1. The largest absolute Gasteiger partial charge is 0.381 e. The standard InChI is InChI=1S/C18H25NO/c1-2-5-14(6-3-1)17-15-7-4-8-16(15)18(17)19-11-13-9-10-20-12-13/h1-3,5-6,13,15-19H,4,7-12H2/t13-,15-,16-,17-,18-/m1/s1. The molecule has 4 rings (SSSR count). The third kappa shape index (κ3) is 2.19. The highest BCUT2D eigenvalue weighted by atomic mass is 16.5. The Kier molecular flexibility index (Phi) is 3.53. The summed E-state index contributed by atoms with van der Waals surface area (Å²) in [6.45, 7) is 3.08. The van der Waals surface area contributed by atoms with E-state index in [4.69, 9.17) is 4.74 Å². The maximum absolute atomic E-state index is 5.50. The topological polar surface area (TPSA) is 21.3 Å². The molecule has 0 radical (unpaired) electrons. The molecular formula is C18H25NO. The molecule has 2 nitrogen and oxygen atoms in total. The van der Waals surface area contributed by atoms with Crippen molar-refractivity contribution < 1.29 is 4.74 Å². The lowest BCUT2D eigenvalue weighted by atomic mass is 9.59. The van der Waals surface area contributed by atoms with Crippen LogP contribution in [0.5, 0.6) is 0 Å². The van der Waals surface area contributed by atoms with E-state index >= 15 is 0 Å². The van der Waals surface area contributed by atoms with Crippen molar-refractivity contribution in [2.75, 3.05) is 19.8 Å². The van der Waals surface area contributed by atoms with Gasteiger partial charge in [0.1, 0.15) is 0 Å². The van der Waals surface area contributed by atoms with Crippen molar-refractivity contribution in [2.24, 2.45) is 17.8 Å². The fraction of sp³-hybridized carbons (Fsp3) is 0.667. The van der Waals surface area contributed by atoms with Gasteiger partial charge < -0.3 is 10.1 Å². The van der Waals surface area contributed by atoms with Crippen LogP contribution in [0.2, 0.25) is 0 Å². The van der Waals surface area contributed by atoms with E-state index in [2.05, 4.69) is 35.6 Å². The van der Waals surface area contributed by atoms with Gasteiger partial charge in [0.2, 0.25) is 0 Å². The summed E-state index contributed by atoms with van der Waals surface area (Å²) in [5.74, 6) is 3.37. The molecule has 2 aliphatic carbocycles. The number of benzene rings is 1. The molecule has 20 heavy (non-hydrogen) atoms. The minimum atomic E-state index is 0.713. The van der Waals surface area contributed by atoms with Gasteiger partial charge in [0.15, 0.2) is 0 Å². The van der Waals surface area contributed by atoms with E-state index in [9.17, 15) is 0 Å². The smallest absolute Gasteiger partial charge is 0.0507 e. The summed E-state index contributed by atoms with van der Waals surface area (Å²) < 4.78 is 5.50. The third-order valence-corrected chi connectivity index (χ3v) is 5.78. The second-order valence-electron chi connectivity index (χ2n) is 6.86. The number of rotatable bonds is 4. The van der Waals surface area contributed by atoms with E-state index in [1.807, 2.05) is 0 Å². The number of hydrogen-bond donors (Lipinski definition) is 1. The van der Waals surface area contributed by atoms with Crippen LogP contribution >= 0.6 is 0 Å². The molecule has 0 unspecified atom stereocenters. The molecule has 5 atom stereocenters. The van der Waals surface area contributed by atoms with Crippen LogP contribution in [0, 0.1) is 17.8 Å². The Balaban J connectivity index is 1.45. The van der Waals surface area contributed by atoms with Gasteiger partial charge in [-0.1, -0.05) is 36.8 Å². The first-order valence-electron chi connectivity index (χ1n) is 8.29. The maximum Gasteiger partial charge on any atom is 0.0507 e. The zero-order valence-corrected chi connectivity index (χ0v) is 12.1. The average molecular weight is 271 g/mol. The Morgan fingerprint density at radius 1 is 1.05 bits per heavy atom. The van der Waals surface area contributed by atoms with Crippen LogP contribution < -0.4 is 5.32 Å². The fourth-order valence-corrected chi connectivity index (χ4v) is 4.75. The molecule has 0 amide bonds. The summed E-state index contributed by atoms with van der Waals surface area (Å²) in [4.78, 5) is 0. The molecule has 2 heteroatoms. The van der Waals surface area contributed by atoms with E-state index in [-0.39, 0.29) is 0 Å². The molecule has 0 spiro atoms. The van der Waals surface area contributed by atoms with Crippen LogP contribution in [-0.4, -0.2) is 25.8 Å². The van der Waals surface area contributed by atoms with Crippen molar-refractivity contribution in [2.45, 2.75) is 37.6 Å². The Bertz CT molecular complexity index is 440. The summed E-state index contributed by atoms with van der Waals surface area (Å²) in [6.07, 6.45) is 5.55. The summed E-state index contributed by atoms with van der Waals surface area (Å²) in [5, 5.41) is 3.90. The van der Waals surface area contributed by atoms with Crippen LogP contribution in [0.15, 0.2) is 30.3 Å². The first kappa shape index (κ1) is 12.8. The van der Waals surface area contributed by atoms with Gasteiger partial charge in [-0.3, -0.25) is 0 Å². The van der Waals surface area contributed by atoms with Crippen LogP contribution in [0.1, 0.15) is 37.2 Å². The highest BCUT2D eigenvalue weighted by molar-refractivity contribution is 5.28. The van der Waals surface area contributed by atoms with Gasteiger partial charge >= 0.3 is 0 Å². The molecular weight excluding hydrogens is 246 g/mol. The summed E-state index contributed by atoms with van der Waals surface area (Å²) in [6, 6.07) is 11.9. The molecule has 0 aromatic heterocycles. The van der Waals surface area contributed by atoms with E-state index in [0.717, 1.165) is 43.4 Å². The highest BCUT2D eigenvalue weighted by Crippen LogP contribution is 2.55. The van der Waals surface area contributed by atoms with Crippen molar-refractivity contribution in [1.29, 1.82) is 0 Å². The van der Waals surface area contributed by atoms with Crippen molar-refractivity contribution >= 4 is 0 Å². The predicted molar refractivity (Wildman–Crippen MR) is 80.7 cm³/mol. The molecule has 1 aromatic carbocycles. The number of ether oxygens (including phenoxy) is 1. The van der Waals surface area contributed by atoms with Gasteiger partial charge in [-0.05, 0) is 42.6 Å². The van der Waals surface area contributed by atoms with E-state index in [1.165, 1.54) is 25.7 Å². The molecule has 3 fully saturated rings. The molecule has 1 N–H and O–H groups in total. The number of hydrogen-bond acceptors (Lipinski definition) is 2. The Morgan fingerprint density at radius 2 is 1.90 bits per heavy atom. The van der Waals surface area contributed by atoms with E-state index in [0.29, 0.717) is 6.04 Å². The van der Waals surface area contributed by atoms with Crippen LogP contribution in [0.4, 0.5) is 0 Å². The Morgan fingerprint density at radius 3 is 2.70 bits per heavy atom. The van der Waals surface area contributed by atoms with Crippen LogP contribution in [-0.2, 0) is 4.74 Å². The van der Waals surface area contributed by atoms with Crippen molar-refractivity contribution in [3.05, 3.63) is 35.9 Å². The summed E-state index contributed by atoms with van der Waals surface area (Å²) >= 11 is 0. The SMILES string of the molecule is c1ccc([C@@H]2[C@@H]3CCC[C@H]3[C@H]2NC[C@H]2CCOC2)cc1. The van der Waals surface area contributed by atoms with Gasteiger partial charge in [0, 0.05) is 25.1 Å². The van der Waals surface area contributed by atoms with E-state index < -0.39 is 0 Å². The predicted octanol–water partition coefficient (Wildman–Crippen LogP) is 3.19. The van der Waals surface area contributed by atoms with Crippen LogP contribution in [0.3, 0.4) is 0 Å². The maximum atomic E-state index is 5.50. The minimum absolute atomic E-state index is 0.713. The molecule has 1 aromatic rings. The second kappa shape index (κ2) is 5.50. The third-order valence-electron chi connectivity index (χ3n) is 5.78. The van der Waals surface area contributed by atoms with Gasteiger partial charge in [0.05, 0.1) is 6.61 Å². The highest BCUT2D eigenvalue weighted by Gasteiger charge is 2.52.